The first-order valence-electron chi connectivity index (χ1n) is 4.71. The Hall–Kier alpha value is -1.20. The van der Waals surface area contributed by atoms with Crippen LogP contribution in [0.1, 0.15) is 30.5 Å². The fourth-order valence-corrected chi connectivity index (χ4v) is 1.82. The Balaban J connectivity index is 3.54. The molecule has 0 radical (unpaired) electrons. The van der Waals surface area contributed by atoms with Crippen LogP contribution >= 0.6 is 11.6 Å². The number of hydrogen-bond donors (Lipinski definition) is 1. The number of aromatic hydroxyl groups is 1. The molecule has 1 rings (SSSR count). The number of rotatable bonds is 1. The molecule has 1 aromatic carbocycles. The molecule has 0 amide bonds. The summed E-state index contributed by atoms with van der Waals surface area (Å²) in [6, 6.07) is 4.05. The van der Waals surface area contributed by atoms with Gasteiger partial charge in [-0.05, 0) is 44.4 Å². The summed E-state index contributed by atoms with van der Waals surface area (Å²) in [6.07, 6.45) is 0. The average Bonchev–Trinajstić information content (AvgIpc) is 2.20. The lowest BCUT2D eigenvalue weighted by atomic mass is 9.82. The molecule has 0 aliphatic carbocycles. The Morgan fingerprint density at radius 3 is 2.40 bits per heavy atom. The summed E-state index contributed by atoms with van der Waals surface area (Å²) < 4.78 is 0. The third-order valence-electron chi connectivity index (χ3n) is 2.63. The van der Waals surface area contributed by atoms with Crippen LogP contribution in [0.3, 0.4) is 0 Å². The van der Waals surface area contributed by atoms with E-state index < -0.39 is 5.41 Å². The van der Waals surface area contributed by atoms with Crippen LogP contribution in [0.5, 0.6) is 5.75 Å². The molecule has 2 nitrogen and oxygen atoms in total. The maximum Gasteiger partial charge on any atom is 0.137 e. The minimum absolute atomic E-state index is 0.103. The number of phenols is 1. The van der Waals surface area contributed by atoms with E-state index in [1.165, 1.54) is 0 Å². The predicted octanol–water partition coefficient (Wildman–Crippen LogP) is 3.46. The zero-order valence-electron chi connectivity index (χ0n) is 9.35. The van der Waals surface area contributed by atoms with E-state index in [4.69, 9.17) is 16.9 Å². The van der Waals surface area contributed by atoms with Crippen LogP contribution in [-0.4, -0.2) is 5.11 Å². The highest BCUT2D eigenvalue weighted by atomic mass is 35.5. The number of nitrogens with zero attached hydrogens (tertiary/aromatic N) is 1. The molecule has 0 unspecified atom stereocenters. The van der Waals surface area contributed by atoms with Crippen molar-refractivity contribution in [1.29, 1.82) is 5.26 Å². The number of nitriles is 1. The SMILES string of the molecule is Cc1cc(C(C)(C)C#N)c(C)c(Cl)c1O. The van der Waals surface area contributed by atoms with Crippen molar-refractivity contribution < 1.29 is 5.11 Å². The van der Waals surface area contributed by atoms with Gasteiger partial charge in [0.05, 0.1) is 16.5 Å². The molecule has 0 bridgehead atoms. The summed E-state index contributed by atoms with van der Waals surface area (Å²) in [4.78, 5) is 0. The second kappa shape index (κ2) is 3.75. The minimum atomic E-state index is -0.591. The molecule has 1 N–H and O–H groups in total. The van der Waals surface area contributed by atoms with E-state index in [1.54, 1.807) is 6.92 Å². The number of aryl methyl sites for hydroxylation is 1. The van der Waals surface area contributed by atoms with Gasteiger partial charge in [0.25, 0.3) is 0 Å². The van der Waals surface area contributed by atoms with Crippen molar-refractivity contribution in [2.24, 2.45) is 0 Å². The average molecular weight is 224 g/mol. The molecule has 0 spiro atoms. The summed E-state index contributed by atoms with van der Waals surface area (Å²) >= 11 is 5.99. The third kappa shape index (κ3) is 1.93. The van der Waals surface area contributed by atoms with Crippen molar-refractivity contribution in [3.63, 3.8) is 0 Å². The third-order valence-corrected chi connectivity index (χ3v) is 3.09. The fourth-order valence-electron chi connectivity index (χ4n) is 1.57. The molecular weight excluding hydrogens is 210 g/mol. The minimum Gasteiger partial charge on any atom is -0.506 e. The smallest absolute Gasteiger partial charge is 0.137 e. The van der Waals surface area contributed by atoms with Crippen LogP contribution in [0.15, 0.2) is 6.07 Å². The largest absolute Gasteiger partial charge is 0.506 e. The Labute approximate surface area is 95.1 Å². The van der Waals surface area contributed by atoms with E-state index in [-0.39, 0.29) is 5.75 Å². The molecule has 0 saturated carbocycles. The zero-order valence-corrected chi connectivity index (χ0v) is 10.1. The van der Waals surface area contributed by atoms with Crippen LogP contribution in [0.2, 0.25) is 5.02 Å². The highest BCUT2D eigenvalue weighted by Crippen LogP contribution is 2.37. The molecule has 0 aliphatic heterocycles. The lowest BCUT2D eigenvalue weighted by molar-refractivity contribution is 0.470. The van der Waals surface area contributed by atoms with Gasteiger partial charge in [0, 0.05) is 0 Å². The van der Waals surface area contributed by atoms with Gasteiger partial charge in [0.1, 0.15) is 5.75 Å². The quantitative estimate of drug-likeness (QED) is 0.793. The van der Waals surface area contributed by atoms with Gasteiger partial charge in [-0.1, -0.05) is 17.7 Å². The maximum atomic E-state index is 9.64. The molecule has 0 aromatic heterocycles. The lowest BCUT2D eigenvalue weighted by Crippen LogP contribution is -2.16. The van der Waals surface area contributed by atoms with Gasteiger partial charge in [-0.15, -0.1) is 0 Å². The van der Waals surface area contributed by atoms with E-state index in [9.17, 15) is 5.11 Å². The Bertz CT molecular complexity index is 444. The molecule has 0 atom stereocenters. The highest BCUT2D eigenvalue weighted by Gasteiger charge is 2.24. The van der Waals surface area contributed by atoms with Crippen molar-refractivity contribution >= 4 is 11.6 Å². The maximum absolute atomic E-state index is 9.64. The first-order chi connectivity index (χ1) is 6.81. The summed E-state index contributed by atoms with van der Waals surface area (Å²) in [5.74, 6) is 0.103. The van der Waals surface area contributed by atoms with Crippen LogP contribution in [-0.2, 0) is 5.41 Å². The van der Waals surface area contributed by atoms with Crippen LogP contribution in [0.4, 0.5) is 0 Å². The zero-order chi connectivity index (χ0) is 11.8. The molecule has 1 aromatic rings. The molecule has 15 heavy (non-hydrogen) atoms. The second-order valence-electron chi connectivity index (χ2n) is 4.27. The lowest BCUT2D eigenvalue weighted by Gasteiger charge is -2.21. The van der Waals surface area contributed by atoms with E-state index >= 15 is 0 Å². The first-order valence-corrected chi connectivity index (χ1v) is 5.09. The van der Waals surface area contributed by atoms with Crippen LogP contribution < -0.4 is 0 Å². The normalized spacial score (nSPS) is 11.2. The summed E-state index contributed by atoms with van der Waals surface area (Å²) in [6.45, 7) is 7.26. The van der Waals surface area contributed by atoms with Gasteiger partial charge in [-0.2, -0.15) is 5.26 Å². The van der Waals surface area contributed by atoms with Crippen molar-refractivity contribution in [2.75, 3.05) is 0 Å². The first kappa shape index (κ1) is 11.9. The van der Waals surface area contributed by atoms with Crippen LogP contribution in [0.25, 0.3) is 0 Å². The Morgan fingerprint density at radius 1 is 1.40 bits per heavy atom. The molecule has 3 heteroatoms. The van der Waals surface area contributed by atoms with E-state index in [0.717, 1.165) is 11.1 Å². The standard InChI is InChI=1S/C12H14ClNO/c1-7-5-9(12(3,4)6-14)8(2)10(13)11(7)15/h5,15H,1-4H3. The molecular formula is C12H14ClNO. The summed E-state index contributed by atoms with van der Waals surface area (Å²) in [5, 5.41) is 19.0. The summed E-state index contributed by atoms with van der Waals surface area (Å²) in [7, 11) is 0. The van der Waals surface area contributed by atoms with Crippen molar-refractivity contribution in [3.05, 3.63) is 27.8 Å². The highest BCUT2D eigenvalue weighted by molar-refractivity contribution is 6.33. The van der Waals surface area contributed by atoms with Gasteiger partial charge < -0.3 is 5.11 Å². The number of halogens is 1. The van der Waals surface area contributed by atoms with Crippen molar-refractivity contribution in [3.8, 4) is 11.8 Å². The van der Waals surface area contributed by atoms with Crippen LogP contribution in [0, 0.1) is 25.2 Å². The molecule has 80 valence electrons. The number of benzene rings is 1. The van der Waals surface area contributed by atoms with Gasteiger partial charge in [-0.3, -0.25) is 0 Å². The van der Waals surface area contributed by atoms with Gasteiger partial charge in [0.2, 0.25) is 0 Å². The second-order valence-corrected chi connectivity index (χ2v) is 4.64. The molecule has 0 saturated heterocycles. The molecule has 0 heterocycles. The molecule has 0 aliphatic rings. The number of phenolic OH excluding ortho intramolecular Hbond substituents is 1. The molecule has 0 fully saturated rings. The topological polar surface area (TPSA) is 44.0 Å². The van der Waals surface area contributed by atoms with Gasteiger partial charge in [-0.25, -0.2) is 0 Å². The Morgan fingerprint density at radius 2 is 1.93 bits per heavy atom. The fraction of sp³-hybridized carbons (Fsp3) is 0.417. The van der Waals surface area contributed by atoms with E-state index in [1.807, 2.05) is 26.8 Å². The summed E-state index contributed by atoms with van der Waals surface area (Å²) in [5.41, 5.74) is 1.74. The van der Waals surface area contributed by atoms with Gasteiger partial charge in [0.15, 0.2) is 0 Å². The van der Waals surface area contributed by atoms with E-state index in [0.29, 0.717) is 10.6 Å². The van der Waals surface area contributed by atoms with Crippen molar-refractivity contribution in [1.82, 2.24) is 0 Å². The monoisotopic (exact) mass is 223 g/mol. The van der Waals surface area contributed by atoms with E-state index in [2.05, 4.69) is 6.07 Å². The van der Waals surface area contributed by atoms with Gasteiger partial charge >= 0.3 is 0 Å². The Kier molecular flexibility index (Phi) is 2.97. The number of hydrogen-bond acceptors (Lipinski definition) is 2. The predicted molar refractivity (Wildman–Crippen MR) is 61.2 cm³/mol. The van der Waals surface area contributed by atoms with Crippen molar-refractivity contribution in [2.45, 2.75) is 33.1 Å².